The van der Waals surface area contributed by atoms with Gasteiger partial charge in [0.1, 0.15) is 5.69 Å². The number of aryl methyl sites for hydroxylation is 2. The first-order chi connectivity index (χ1) is 12.0. The summed E-state index contributed by atoms with van der Waals surface area (Å²) in [6.45, 7) is 5.60. The standard InChI is InChI=1S/C19H21N3O3/c1-13-5-7-16(11-14(13)2)20-19(23)15-6-8-17(18(12-15)22(24)25)21-9-3-4-10-21/h5-8,11-12H,3-4,9-10H2,1-2H3,(H,20,23). The third-order valence-electron chi connectivity index (χ3n) is 4.65. The largest absolute Gasteiger partial charge is 0.366 e. The summed E-state index contributed by atoms with van der Waals surface area (Å²) in [6.07, 6.45) is 2.07. The van der Waals surface area contributed by atoms with Crippen molar-refractivity contribution in [2.24, 2.45) is 0 Å². The van der Waals surface area contributed by atoms with E-state index in [0.717, 1.165) is 37.1 Å². The van der Waals surface area contributed by atoms with E-state index in [1.54, 1.807) is 12.1 Å². The molecule has 2 aromatic carbocycles. The predicted molar refractivity (Wildman–Crippen MR) is 98.4 cm³/mol. The molecule has 1 fully saturated rings. The van der Waals surface area contributed by atoms with Gasteiger partial charge in [0.25, 0.3) is 11.6 Å². The second-order valence-corrected chi connectivity index (χ2v) is 6.41. The van der Waals surface area contributed by atoms with Crippen LogP contribution in [-0.4, -0.2) is 23.9 Å². The number of amides is 1. The van der Waals surface area contributed by atoms with Crippen molar-refractivity contribution in [1.29, 1.82) is 0 Å². The molecule has 3 rings (SSSR count). The van der Waals surface area contributed by atoms with Gasteiger partial charge in [-0.25, -0.2) is 0 Å². The van der Waals surface area contributed by atoms with Gasteiger partial charge in [-0.3, -0.25) is 14.9 Å². The fourth-order valence-electron chi connectivity index (χ4n) is 3.06. The molecule has 0 bridgehead atoms. The maximum atomic E-state index is 12.5. The predicted octanol–water partition coefficient (Wildman–Crippen LogP) is 4.06. The Labute approximate surface area is 146 Å². The van der Waals surface area contributed by atoms with Crippen molar-refractivity contribution in [3.8, 4) is 0 Å². The van der Waals surface area contributed by atoms with Crippen molar-refractivity contribution in [3.63, 3.8) is 0 Å². The van der Waals surface area contributed by atoms with E-state index in [1.165, 1.54) is 6.07 Å². The van der Waals surface area contributed by atoms with Gasteiger partial charge < -0.3 is 10.2 Å². The Kier molecular flexibility index (Phi) is 4.70. The second kappa shape index (κ2) is 6.93. The normalized spacial score (nSPS) is 13.8. The van der Waals surface area contributed by atoms with Gasteiger partial charge in [-0.1, -0.05) is 6.07 Å². The first-order valence-electron chi connectivity index (χ1n) is 8.38. The first-order valence-corrected chi connectivity index (χ1v) is 8.38. The van der Waals surface area contributed by atoms with Gasteiger partial charge in [-0.05, 0) is 62.1 Å². The van der Waals surface area contributed by atoms with Gasteiger partial charge in [0.15, 0.2) is 0 Å². The molecule has 0 atom stereocenters. The lowest BCUT2D eigenvalue weighted by Gasteiger charge is -2.17. The quantitative estimate of drug-likeness (QED) is 0.673. The lowest BCUT2D eigenvalue weighted by atomic mass is 10.1. The second-order valence-electron chi connectivity index (χ2n) is 6.41. The summed E-state index contributed by atoms with van der Waals surface area (Å²) in [6, 6.07) is 10.3. The lowest BCUT2D eigenvalue weighted by Crippen LogP contribution is -2.19. The molecule has 1 aliphatic rings. The Hall–Kier alpha value is -2.89. The zero-order chi connectivity index (χ0) is 18.0. The minimum Gasteiger partial charge on any atom is -0.366 e. The van der Waals surface area contributed by atoms with Crippen LogP contribution in [0.1, 0.15) is 34.3 Å². The SMILES string of the molecule is Cc1ccc(NC(=O)c2ccc(N3CCCC3)c([N+](=O)[O-])c2)cc1C. The van der Waals surface area contributed by atoms with Crippen LogP contribution in [0.3, 0.4) is 0 Å². The van der Waals surface area contributed by atoms with Crippen LogP contribution >= 0.6 is 0 Å². The minimum absolute atomic E-state index is 0.0189. The molecule has 0 spiro atoms. The maximum Gasteiger partial charge on any atom is 0.293 e. The highest BCUT2D eigenvalue weighted by Gasteiger charge is 2.23. The molecule has 6 nitrogen and oxygen atoms in total. The summed E-state index contributed by atoms with van der Waals surface area (Å²) in [5.41, 5.74) is 3.75. The van der Waals surface area contributed by atoms with Gasteiger partial charge in [0, 0.05) is 30.4 Å². The van der Waals surface area contributed by atoms with Crippen LogP contribution in [0.5, 0.6) is 0 Å². The van der Waals surface area contributed by atoms with E-state index in [9.17, 15) is 14.9 Å². The number of nitro benzene ring substituents is 1. The summed E-state index contributed by atoms with van der Waals surface area (Å²) in [4.78, 5) is 25.5. The highest BCUT2D eigenvalue weighted by Crippen LogP contribution is 2.32. The number of benzene rings is 2. The van der Waals surface area contributed by atoms with E-state index in [1.807, 2.05) is 36.9 Å². The number of nitrogens with one attached hydrogen (secondary N) is 1. The van der Waals surface area contributed by atoms with E-state index >= 15 is 0 Å². The van der Waals surface area contributed by atoms with Crippen LogP contribution in [0.4, 0.5) is 17.1 Å². The molecular weight excluding hydrogens is 318 g/mol. The number of nitro groups is 1. The number of hydrogen-bond acceptors (Lipinski definition) is 4. The number of hydrogen-bond donors (Lipinski definition) is 1. The van der Waals surface area contributed by atoms with Crippen molar-refractivity contribution in [1.82, 2.24) is 0 Å². The van der Waals surface area contributed by atoms with Crippen molar-refractivity contribution in [3.05, 3.63) is 63.2 Å². The third-order valence-corrected chi connectivity index (χ3v) is 4.65. The zero-order valence-electron chi connectivity index (χ0n) is 14.4. The number of carbonyl (C=O) groups excluding carboxylic acids is 1. The monoisotopic (exact) mass is 339 g/mol. The van der Waals surface area contributed by atoms with Crippen LogP contribution in [0.15, 0.2) is 36.4 Å². The summed E-state index contributed by atoms with van der Waals surface area (Å²) in [5, 5.41) is 14.2. The molecule has 2 aromatic rings. The van der Waals surface area contributed by atoms with Gasteiger partial charge >= 0.3 is 0 Å². The molecule has 130 valence electrons. The molecule has 25 heavy (non-hydrogen) atoms. The highest BCUT2D eigenvalue weighted by molar-refractivity contribution is 6.05. The van der Waals surface area contributed by atoms with E-state index in [-0.39, 0.29) is 17.2 Å². The molecule has 0 saturated carbocycles. The first kappa shape index (κ1) is 17.0. The average molecular weight is 339 g/mol. The fourth-order valence-corrected chi connectivity index (χ4v) is 3.06. The number of nitrogens with zero attached hydrogens (tertiary/aromatic N) is 2. The lowest BCUT2D eigenvalue weighted by molar-refractivity contribution is -0.384. The van der Waals surface area contributed by atoms with E-state index in [2.05, 4.69) is 5.32 Å². The molecule has 0 aromatic heterocycles. The van der Waals surface area contributed by atoms with Gasteiger partial charge in [-0.2, -0.15) is 0 Å². The Morgan fingerprint density at radius 3 is 2.44 bits per heavy atom. The van der Waals surface area contributed by atoms with Crippen LogP contribution in [0, 0.1) is 24.0 Å². The molecule has 1 heterocycles. The number of carbonyl (C=O) groups is 1. The van der Waals surface area contributed by atoms with Crippen LogP contribution in [-0.2, 0) is 0 Å². The molecule has 0 aliphatic carbocycles. The van der Waals surface area contributed by atoms with E-state index in [0.29, 0.717) is 11.4 Å². The fraction of sp³-hybridized carbons (Fsp3) is 0.316. The van der Waals surface area contributed by atoms with E-state index < -0.39 is 4.92 Å². The topological polar surface area (TPSA) is 75.5 Å². The molecule has 1 amide bonds. The zero-order valence-corrected chi connectivity index (χ0v) is 14.4. The number of rotatable bonds is 4. The molecule has 1 aliphatic heterocycles. The van der Waals surface area contributed by atoms with E-state index in [4.69, 9.17) is 0 Å². The summed E-state index contributed by atoms with van der Waals surface area (Å²) >= 11 is 0. The van der Waals surface area contributed by atoms with Crippen LogP contribution < -0.4 is 10.2 Å². The molecule has 1 saturated heterocycles. The van der Waals surface area contributed by atoms with Gasteiger partial charge in [-0.15, -0.1) is 0 Å². The smallest absolute Gasteiger partial charge is 0.293 e. The molecule has 0 unspecified atom stereocenters. The van der Waals surface area contributed by atoms with Crippen molar-refractivity contribution in [2.45, 2.75) is 26.7 Å². The average Bonchev–Trinajstić information content (AvgIpc) is 3.12. The molecular formula is C19H21N3O3. The Balaban J connectivity index is 1.86. The Bertz CT molecular complexity index is 827. The maximum absolute atomic E-state index is 12.5. The van der Waals surface area contributed by atoms with Crippen LogP contribution in [0.2, 0.25) is 0 Å². The van der Waals surface area contributed by atoms with Gasteiger partial charge in [0.2, 0.25) is 0 Å². The third kappa shape index (κ3) is 3.63. The van der Waals surface area contributed by atoms with Gasteiger partial charge in [0.05, 0.1) is 4.92 Å². The number of anilines is 2. The minimum atomic E-state index is -0.416. The highest BCUT2D eigenvalue weighted by atomic mass is 16.6. The van der Waals surface area contributed by atoms with Crippen LogP contribution in [0.25, 0.3) is 0 Å². The molecule has 1 N–H and O–H groups in total. The summed E-state index contributed by atoms with van der Waals surface area (Å²) in [5.74, 6) is -0.348. The molecule has 6 heteroatoms. The molecule has 0 radical (unpaired) electrons. The summed E-state index contributed by atoms with van der Waals surface area (Å²) in [7, 11) is 0. The van der Waals surface area contributed by atoms with Crippen molar-refractivity contribution in [2.75, 3.05) is 23.3 Å². The van der Waals surface area contributed by atoms with Crippen molar-refractivity contribution >= 4 is 23.0 Å². The van der Waals surface area contributed by atoms with Crippen molar-refractivity contribution < 1.29 is 9.72 Å². The summed E-state index contributed by atoms with van der Waals surface area (Å²) < 4.78 is 0. The Morgan fingerprint density at radius 2 is 1.80 bits per heavy atom. The Morgan fingerprint density at radius 1 is 1.08 bits per heavy atom.